The largest absolute Gasteiger partial charge is 0.390 e. The minimum absolute atomic E-state index is 0.191. The molecule has 2 heteroatoms. The molecule has 2 fully saturated rings. The number of ether oxygens (including phenoxy) is 1. The van der Waals surface area contributed by atoms with Gasteiger partial charge in [-0.1, -0.05) is 38.5 Å². The van der Waals surface area contributed by atoms with Gasteiger partial charge in [0, 0.05) is 6.61 Å². The van der Waals surface area contributed by atoms with Gasteiger partial charge in [0.15, 0.2) is 0 Å². The molecular formula is C15H28O2. The van der Waals surface area contributed by atoms with Crippen molar-refractivity contribution in [1.82, 2.24) is 0 Å². The molecule has 0 bridgehead atoms. The van der Waals surface area contributed by atoms with Gasteiger partial charge >= 0.3 is 0 Å². The van der Waals surface area contributed by atoms with E-state index in [1.807, 2.05) is 0 Å². The smallest absolute Gasteiger partial charge is 0.0942 e. The minimum atomic E-state index is -0.219. The second kappa shape index (κ2) is 6.19. The molecular weight excluding hydrogens is 212 g/mol. The van der Waals surface area contributed by atoms with Crippen LogP contribution in [-0.2, 0) is 4.74 Å². The third-order valence-electron chi connectivity index (χ3n) is 4.77. The van der Waals surface area contributed by atoms with Gasteiger partial charge in [-0.15, -0.1) is 0 Å². The van der Waals surface area contributed by atoms with E-state index in [9.17, 15) is 5.11 Å². The monoisotopic (exact) mass is 240 g/mol. The summed E-state index contributed by atoms with van der Waals surface area (Å²) in [6.07, 6.45) is 12.1. The maximum absolute atomic E-state index is 10.8. The molecule has 100 valence electrons. The molecule has 2 aliphatic carbocycles. The van der Waals surface area contributed by atoms with Crippen LogP contribution in [0.4, 0.5) is 0 Å². The summed E-state index contributed by atoms with van der Waals surface area (Å²) in [5, 5.41) is 10.8. The molecule has 0 saturated heterocycles. The van der Waals surface area contributed by atoms with E-state index < -0.39 is 0 Å². The first-order valence-corrected chi connectivity index (χ1v) is 7.60. The summed E-state index contributed by atoms with van der Waals surface area (Å²) in [5.74, 6) is 0.488. The zero-order valence-electron chi connectivity index (χ0n) is 11.3. The molecule has 0 aromatic carbocycles. The van der Waals surface area contributed by atoms with Crippen LogP contribution in [0.2, 0.25) is 0 Å². The van der Waals surface area contributed by atoms with E-state index in [4.69, 9.17) is 4.74 Å². The Hall–Kier alpha value is -0.0800. The number of hydrogen-bond donors (Lipinski definition) is 1. The Kier molecular flexibility index (Phi) is 4.87. The molecule has 1 atom stereocenters. The van der Waals surface area contributed by atoms with Gasteiger partial charge in [-0.2, -0.15) is 0 Å². The van der Waals surface area contributed by atoms with Gasteiger partial charge < -0.3 is 9.84 Å². The predicted molar refractivity (Wildman–Crippen MR) is 70.0 cm³/mol. The highest BCUT2D eigenvalue weighted by atomic mass is 16.5. The number of aliphatic hydroxyl groups is 1. The fourth-order valence-electron chi connectivity index (χ4n) is 3.84. The van der Waals surface area contributed by atoms with Gasteiger partial charge in [0.05, 0.1) is 11.7 Å². The van der Waals surface area contributed by atoms with E-state index in [1.54, 1.807) is 0 Å². The van der Waals surface area contributed by atoms with E-state index in [0.29, 0.717) is 5.92 Å². The molecule has 0 spiro atoms. The van der Waals surface area contributed by atoms with Gasteiger partial charge in [0.25, 0.3) is 0 Å². The first kappa shape index (κ1) is 13.4. The lowest BCUT2D eigenvalue weighted by Gasteiger charge is -2.38. The average molecular weight is 240 g/mol. The summed E-state index contributed by atoms with van der Waals surface area (Å²) in [6, 6.07) is 0. The summed E-state index contributed by atoms with van der Waals surface area (Å²) in [5.41, 5.74) is -0.191. The lowest BCUT2D eigenvalue weighted by atomic mass is 9.81. The number of rotatable bonds is 4. The topological polar surface area (TPSA) is 29.5 Å². The van der Waals surface area contributed by atoms with Crippen LogP contribution in [0.25, 0.3) is 0 Å². The molecule has 0 amide bonds. The third kappa shape index (κ3) is 3.03. The van der Waals surface area contributed by atoms with Gasteiger partial charge in [-0.25, -0.2) is 0 Å². The van der Waals surface area contributed by atoms with E-state index in [-0.39, 0.29) is 11.7 Å². The first-order valence-electron chi connectivity index (χ1n) is 7.60. The molecule has 0 aliphatic heterocycles. The normalized spacial score (nSPS) is 27.9. The quantitative estimate of drug-likeness (QED) is 0.760. The Bertz CT molecular complexity index is 213. The third-order valence-corrected chi connectivity index (χ3v) is 4.77. The van der Waals surface area contributed by atoms with E-state index in [2.05, 4.69) is 6.92 Å². The van der Waals surface area contributed by atoms with Gasteiger partial charge in [0.1, 0.15) is 0 Å². The Morgan fingerprint density at radius 3 is 2.18 bits per heavy atom. The molecule has 0 aromatic rings. The van der Waals surface area contributed by atoms with Crippen molar-refractivity contribution in [1.29, 1.82) is 0 Å². The molecule has 0 heterocycles. The highest BCUT2D eigenvalue weighted by Gasteiger charge is 2.44. The van der Waals surface area contributed by atoms with Crippen LogP contribution in [0.3, 0.4) is 0 Å². The SMILES string of the molecule is CCOC1(C(O)C2CCCCCC2)CCCC1. The summed E-state index contributed by atoms with van der Waals surface area (Å²) < 4.78 is 6.00. The summed E-state index contributed by atoms with van der Waals surface area (Å²) in [7, 11) is 0. The molecule has 2 nitrogen and oxygen atoms in total. The Morgan fingerprint density at radius 2 is 1.65 bits per heavy atom. The van der Waals surface area contributed by atoms with Crippen molar-refractivity contribution in [3.05, 3.63) is 0 Å². The maximum atomic E-state index is 10.8. The molecule has 0 aromatic heterocycles. The van der Waals surface area contributed by atoms with E-state index in [0.717, 1.165) is 19.4 Å². The van der Waals surface area contributed by atoms with Crippen molar-refractivity contribution in [2.75, 3.05) is 6.61 Å². The average Bonchev–Trinajstić information content (AvgIpc) is 2.65. The zero-order valence-corrected chi connectivity index (χ0v) is 11.3. The molecule has 2 rings (SSSR count). The Morgan fingerprint density at radius 1 is 1.06 bits per heavy atom. The van der Waals surface area contributed by atoms with Crippen LogP contribution < -0.4 is 0 Å². The van der Waals surface area contributed by atoms with Crippen molar-refractivity contribution in [2.45, 2.75) is 82.8 Å². The van der Waals surface area contributed by atoms with Gasteiger partial charge in [-0.3, -0.25) is 0 Å². The molecule has 2 saturated carbocycles. The van der Waals surface area contributed by atoms with Crippen LogP contribution in [0, 0.1) is 5.92 Å². The van der Waals surface area contributed by atoms with Crippen molar-refractivity contribution < 1.29 is 9.84 Å². The fraction of sp³-hybridized carbons (Fsp3) is 1.00. The lowest BCUT2D eigenvalue weighted by Crippen LogP contribution is -2.46. The summed E-state index contributed by atoms with van der Waals surface area (Å²) in [6.45, 7) is 2.80. The van der Waals surface area contributed by atoms with Gasteiger partial charge in [0.2, 0.25) is 0 Å². The first-order chi connectivity index (χ1) is 8.28. The molecule has 2 aliphatic rings. The summed E-state index contributed by atoms with van der Waals surface area (Å²) >= 11 is 0. The second-order valence-corrected chi connectivity index (χ2v) is 5.90. The summed E-state index contributed by atoms with van der Waals surface area (Å²) in [4.78, 5) is 0. The number of hydrogen-bond acceptors (Lipinski definition) is 2. The zero-order chi connectivity index (χ0) is 12.1. The van der Waals surface area contributed by atoms with Crippen LogP contribution in [0.5, 0.6) is 0 Å². The van der Waals surface area contributed by atoms with Gasteiger partial charge in [-0.05, 0) is 38.5 Å². The predicted octanol–water partition coefficient (Wildman–Crippen LogP) is 3.67. The van der Waals surface area contributed by atoms with Crippen molar-refractivity contribution in [3.8, 4) is 0 Å². The van der Waals surface area contributed by atoms with E-state index >= 15 is 0 Å². The van der Waals surface area contributed by atoms with Crippen molar-refractivity contribution in [3.63, 3.8) is 0 Å². The van der Waals surface area contributed by atoms with Crippen LogP contribution in [-0.4, -0.2) is 23.4 Å². The molecule has 0 radical (unpaired) electrons. The highest BCUT2D eigenvalue weighted by molar-refractivity contribution is 4.96. The van der Waals surface area contributed by atoms with E-state index in [1.165, 1.54) is 51.4 Å². The van der Waals surface area contributed by atoms with Crippen molar-refractivity contribution in [2.24, 2.45) is 5.92 Å². The minimum Gasteiger partial charge on any atom is -0.390 e. The van der Waals surface area contributed by atoms with Crippen LogP contribution >= 0.6 is 0 Å². The standard InChI is InChI=1S/C15H28O2/c1-2-17-15(11-7-8-12-15)14(16)13-9-5-3-4-6-10-13/h13-14,16H,2-12H2,1H3. The Labute approximate surface area is 106 Å². The van der Waals surface area contributed by atoms with Crippen molar-refractivity contribution >= 4 is 0 Å². The second-order valence-electron chi connectivity index (χ2n) is 5.90. The maximum Gasteiger partial charge on any atom is 0.0942 e. The number of aliphatic hydroxyl groups excluding tert-OH is 1. The molecule has 1 unspecified atom stereocenters. The lowest BCUT2D eigenvalue weighted by molar-refractivity contribution is -0.137. The highest BCUT2D eigenvalue weighted by Crippen LogP contribution is 2.41. The molecule has 17 heavy (non-hydrogen) atoms. The fourth-order valence-corrected chi connectivity index (χ4v) is 3.84. The van der Waals surface area contributed by atoms with Crippen LogP contribution in [0.15, 0.2) is 0 Å². The van der Waals surface area contributed by atoms with Crippen LogP contribution in [0.1, 0.15) is 71.1 Å². The Balaban J connectivity index is 2.01. The molecule has 1 N–H and O–H groups in total.